The third-order valence-electron chi connectivity index (χ3n) is 15.9. The molecule has 9 aromatic carbocycles. The van der Waals surface area contributed by atoms with Crippen molar-refractivity contribution in [3.63, 3.8) is 0 Å². The number of hydrogen-bond donors (Lipinski definition) is 1. The molecule has 0 fully saturated rings. The average Bonchev–Trinajstić information content (AvgIpc) is 4.00. The van der Waals surface area contributed by atoms with Crippen LogP contribution < -0.4 is 4.90 Å². The molecule has 4 aliphatic rings. The van der Waals surface area contributed by atoms with E-state index in [4.69, 9.17) is 6.57 Å². The van der Waals surface area contributed by atoms with Gasteiger partial charge in [0.05, 0.1) is 12.0 Å². The Morgan fingerprint density at radius 3 is 1.26 bits per heavy atom. The molecule has 0 bridgehead atoms. The molecule has 0 radical (unpaired) electrons. The van der Waals surface area contributed by atoms with Gasteiger partial charge in [-0.05, 0) is 154 Å². The second kappa shape index (κ2) is 14.5. The quantitative estimate of drug-likeness (QED) is 0.134. The molecule has 0 aliphatic heterocycles. The number of carboxylic acids is 1. The zero-order chi connectivity index (χ0) is 47.0. The molecule has 0 atom stereocenters. The van der Waals surface area contributed by atoms with Crippen molar-refractivity contribution in [1.82, 2.24) is 0 Å². The third-order valence-corrected chi connectivity index (χ3v) is 15.9. The smallest absolute Gasteiger partial charge is 0.333 e. The number of aliphatic carboxylic acids is 1. The summed E-state index contributed by atoms with van der Waals surface area (Å²) >= 11 is 0. The van der Waals surface area contributed by atoms with E-state index in [1.165, 1.54) is 95.1 Å². The molecule has 1 spiro atoms. The van der Waals surface area contributed by atoms with Crippen LogP contribution in [0.4, 0.5) is 17.1 Å². The number of fused-ring (bicyclic) bond motifs is 16. The van der Waals surface area contributed by atoms with Crippen LogP contribution in [0.15, 0.2) is 200 Å². The zero-order valence-electron chi connectivity index (χ0n) is 38.8. The van der Waals surface area contributed by atoms with E-state index in [0.717, 1.165) is 28.2 Å². The lowest BCUT2D eigenvalue weighted by Crippen LogP contribution is -2.26. The number of anilines is 3. The maximum Gasteiger partial charge on any atom is 0.333 e. The molecule has 0 saturated carbocycles. The van der Waals surface area contributed by atoms with Crippen molar-refractivity contribution in [3.05, 3.63) is 261 Å². The minimum Gasteiger partial charge on any atom is -0.486 e. The summed E-state index contributed by atoms with van der Waals surface area (Å²) in [5.74, 6) is -1.23. The van der Waals surface area contributed by atoms with Crippen LogP contribution in [0.25, 0.3) is 66.6 Å². The molecule has 0 saturated heterocycles. The Bertz CT molecular complexity index is 3630. The van der Waals surface area contributed by atoms with Crippen molar-refractivity contribution in [2.45, 2.75) is 43.9 Å². The Labute approximate surface area is 403 Å². The molecule has 4 nitrogen and oxygen atoms in total. The van der Waals surface area contributed by atoms with Gasteiger partial charge in [-0.25, -0.2) is 4.85 Å². The summed E-state index contributed by atoms with van der Waals surface area (Å²) in [6.07, 6.45) is 1.42. The average molecular weight is 887 g/mol. The van der Waals surface area contributed by atoms with E-state index in [1.807, 2.05) is 24.3 Å². The summed E-state index contributed by atoms with van der Waals surface area (Å²) in [5.41, 5.74) is 25.3. The maximum absolute atomic E-state index is 11.6. The third kappa shape index (κ3) is 5.59. The van der Waals surface area contributed by atoms with E-state index in [2.05, 4.69) is 207 Å². The van der Waals surface area contributed by atoms with E-state index in [-0.39, 0.29) is 16.5 Å². The highest BCUT2D eigenvalue weighted by atomic mass is 16.4. The number of carboxylic acid groups (broad SMARTS) is 1. The first-order valence-electron chi connectivity index (χ1n) is 23.7. The molecule has 13 rings (SSSR count). The highest BCUT2D eigenvalue weighted by Crippen LogP contribution is 2.64. The van der Waals surface area contributed by atoms with Crippen molar-refractivity contribution in [1.29, 1.82) is 0 Å². The molecule has 0 unspecified atom stereocenters. The molecule has 0 amide bonds. The summed E-state index contributed by atoms with van der Waals surface area (Å²) in [5, 5.41) is 9.52. The minimum absolute atomic E-state index is 0.177. The highest BCUT2D eigenvalue weighted by Gasteiger charge is 2.52. The number of carbonyl (C=O) groups is 1. The molecule has 4 aliphatic carbocycles. The number of benzene rings is 9. The summed E-state index contributed by atoms with van der Waals surface area (Å²) in [6.45, 7) is 16.8. The highest BCUT2D eigenvalue weighted by molar-refractivity contribution is 5.98. The SMILES string of the molecule is [C-]#[N+]/C(=C\c1ccc(-c2ccc3c(c2)C2(c4ccccc4-c4ccccc42)c2cc(N(c4ccc5c(c4)C(C)(C)c4ccccc4-5)c4ccc5c(c4)C(C)(C)c4ccccc4-5)ccc2-3)cc1)C(=O)O. The van der Waals surface area contributed by atoms with Gasteiger partial charge in [-0.15, -0.1) is 0 Å². The molecule has 0 heterocycles. The molecule has 328 valence electrons. The van der Waals surface area contributed by atoms with Crippen molar-refractivity contribution >= 4 is 29.1 Å². The van der Waals surface area contributed by atoms with E-state index >= 15 is 0 Å². The van der Waals surface area contributed by atoms with Crippen LogP contribution in [0, 0.1) is 6.57 Å². The van der Waals surface area contributed by atoms with Gasteiger partial charge in [0, 0.05) is 27.9 Å². The summed E-state index contributed by atoms with van der Waals surface area (Å²) < 4.78 is 0. The van der Waals surface area contributed by atoms with Crippen molar-refractivity contribution in [3.8, 4) is 55.6 Å². The molecule has 1 N–H and O–H groups in total. The largest absolute Gasteiger partial charge is 0.486 e. The van der Waals surface area contributed by atoms with Crippen LogP contribution in [0.5, 0.6) is 0 Å². The number of hydrogen-bond acceptors (Lipinski definition) is 2. The van der Waals surface area contributed by atoms with Crippen LogP contribution >= 0.6 is 0 Å². The normalized spacial score (nSPS) is 15.2. The first kappa shape index (κ1) is 40.7. The predicted octanol–water partition coefficient (Wildman–Crippen LogP) is 16.1. The van der Waals surface area contributed by atoms with E-state index < -0.39 is 11.4 Å². The van der Waals surface area contributed by atoms with Crippen LogP contribution in [0.3, 0.4) is 0 Å². The van der Waals surface area contributed by atoms with Crippen LogP contribution in [-0.2, 0) is 21.0 Å². The van der Waals surface area contributed by atoms with E-state index in [0.29, 0.717) is 5.56 Å². The Kier molecular flexibility index (Phi) is 8.55. The number of rotatable bonds is 6. The fourth-order valence-electron chi connectivity index (χ4n) is 12.6. The van der Waals surface area contributed by atoms with Crippen molar-refractivity contribution < 1.29 is 9.90 Å². The molecular formula is C65H46N2O2. The first-order chi connectivity index (χ1) is 33.5. The summed E-state index contributed by atoms with van der Waals surface area (Å²) in [4.78, 5) is 17.4. The van der Waals surface area contributed by atoms with Crippen molar-refractivity contribution in [2.24, 2.45) is 0 Å². The van der Waals surface area contributed by atoms with Gasteiger partial charge in [0.2, 0.25) is 0 Å². The molecule has 69 heavy (non-hydrogen) atoms. The molecule has 9 aromatic rings. The minimum atomic E-state index is -1.23. The Hall–Kier alpha value is -8.52. The van der Waals surface area contributed by atoms with E-state index in [9.17, 15) is 9.90 Å². The Morgan fingerprint density at radius 1 is 0.435 bits per heavy atom. The van der Waals surface area contributed by atoms with Gasteiger partial charge < -0.3 is 10.0 Å². The Morgan fingerprint density at radius 2 is 0.797 bits per heavy atom. The second-order valence-electron chi connectivity index (χ2n) is 20.0. The number of nitrogens with zero attached hydrogens (tertiary/aromatic N) is 2. The van der Waals surface area contributed by atoms with Gasteiger partial charge in [0.25, 0.3) is 5.70 Å². The molecular weight excluding hydrogens is 841 g/mol. The topological polar surface area (TPSA) is 44.9 Å². The lowest BCUT2D eigenvalue weighted by Gasteiger charge is -2.33. The second-order valence-corrected chi connectivity index (χ2v) is 20.0. The lowest BCUT2D eigenvalue weighted by atomic mass is 9.70. The van der Waals surface area contributed by atoms with Gasteiger partial charge >= 0.3 is 5.97 Å². The van der Waals surface area contributed by atoms with Gasteiger partial charge in [-0.1, -0.05) is 179 Å². The van der Waals surface area contributed by atoms with Gasteiger partial charge in [0.15, 0.2) is 0 Å². The zero-order valence-corrected chi connectivity index (χ0v) is 38.8. The van der Waals surface area contributed by atoms with Crippen LogP contribution in [0.1, 0.15) is 77.8 Å². The monoisotopic (exact) mass is 886 g/mol. The summed E-state index contributed by atoms with van der Waals surface area (Å²) in [7, 11) is 0. The lowest BCUT2D eigenvalue weighted by molar-refractivity contribution is -0.132. The van der Waals surface area contributed by atoms with Gasteiger partial charge in [-0.3, -0.25) is 4.79 Å². The predicted molar refractivity (Wildman–Crippen MR) is 280 cm³/mol. The van der Waals surface area contributed by atoms with Crippen molar-refractivity contribution in [2.75, 3.05) is 4.90 Å². The van der Waals surface area contributed by atoms with Crippen LogP contribution in [-0.4, -0.2) is 11.1 Å². The fraction of sp³-hybridized carbons (Fsp3) is 0.108. The molecule has 4 heteroatoms. The first-order valence-corrected chi connectivity index (χ1v) is 23.7. The van der Waals surface area contributed by atoms with Crippen LogP contribution in [0.2, 0.25) is 0 Å². The van der Waals surface area contributed by atoms with E-state index in [1.54, 1.807) is 0 Å². The van der Waals surface area contributed by atoms with Gasteiger partial charge in [0.1, 0.15) is 0 Å². The fourth-order valence-corrected chi connectivity index (χ4v) is 12.6. The Balaban J connectivity index is 1.03. The maximum atomic E-state index is 11.6. The summed E-state index contributed by atoms with van der Waals surface area (Å²) in [6, 6.07) is 71.6. The molecule has 0 aromatic heterocycles. The standard InChI is InChI=1S/C65H46N2O2/c1-63(2)53-18-10-6-14-45(53)49-31-27-42(36-57(49)63)67(43-28-32-50-46-15-7-11-19-54(46)64(3,4)58(50)37-43)44-29-33-52-51-30-26-41(40-24-22-39(23-25-40)34-61(66-5)62(68)69)35-59(51)65(60(52)38-44)55-20-12-8-16-47(55)48-17-9-13-21-56(48)65/h6-38H,1-4H3,(H,68,69)/b61-34-. The van der Waals surface area contributed by atoms with Gasteiger partial charge in [-0.2, -0.15) is 0 Å².